The summed E-state index contributed by atoms with van der Waals surface area (Å²) in [5.41, 5.74) is 0.808. The number of fused-ring (bicyclic) bond motifs is 1. The molecule has 2 aromatic rings. The number of carbonyl (C=O) groups excluding carboxylic acids is 1. The number of hydrogen-bond acceptors (Lipinski definition) is 5. The highest BCUT2D eigenvalue weighted by Gasteiger charge is 2.30. The molecule has 2 aromatic carbocycles. The zero-order valence-corrected chi connectivity index (χ0v) is 17.1. The molecule has 0 radical (unpaired) electrons. The largest absolute Gasteiger partial charge is 0.402 e. The van der Waals surface area contributed by atoms with Gasteiger partial charge in [-0.2, -0.15) is 13.2 Å². The molecule has 0 fully saturated rings. The number of carbonyl (C=O) groups is 1. The van der Waals surface area contributed by atoms with E-state index in [9.17, 15) is 34.8 Å². The van der Waals surface area contributed by atoms with Gasteiger partial charge in [-0.15, -0.1) is 0 Å². The summed E-state index contributed by atoms with van der Waals surface area (Å²) in [7, 11) is -8.63. The average molecular weight is 484 g/mol. The minimum absolute atomic E-state index is 0.00744. The second-order valence-corrected chi connectivity index (χ2v) is 10.1. The maximum atomic E-state index is 12.6. The third-order valence-electron chi connectivity index (χ3n) is 3.95. The number of benzene rings is 2. The Labute approximate surface area is 174 Å². The second kappa shape index (κ2) is 7.72. The van der Waals surface area contributed by atoms with Crippen molar-refractivity contribution in [2.45, 2.75) is 22.4 Å². The molecule has 0 saturated carbocycles. The van der Waals surface area contributed by atoms with Crippen molar-refractivity contribution in [3.8, 4) is 0 Å². The maximum absolute atomic E-state index is 12.6. The smallest absolute Gasteiger partial charge is 0.325 e. The Kier molecular flexibility index (Phi) is 5.75. The van der Waals surface area contributed by atoms with Crippen LogP contribution in [0.15, 0.2) is 46.2 Å². The van der Waals surface area contributed by atoms with Gasteiger partial charge in [0.2, 0.25) is 15.9 Å². The summed E-state index contributed by atoms with van der Waals surface area (Å²) in [5, 5.41) is 2.39. The highest BCUT2D eigenvalue weighted by Crippen LogP contribution is 2.33. The lowest BCUT2D eigenvalue weighted by atomic mass is 10.2. The van der Waals surface area contributed by atoms with Crippen molar-refractivity contribution in [1.82, 2.24) is 4.72 Å². The van der Waals surface area contributed by atoms with Crippen molar-refractivity contribution < 1.29 is 34.8 Å². The Morgan fingerprint density at radius 3 is 2.27 bits per heavy atom. The molecule has 1 heterocycles. The van der Waals surface area contributed by atoms with Crippen LogP contribution in [0.3, 0.4) is 0 Å². The number of anilines is 2. The topological polar surface area (TPSA) is 121 Å². The van der Waals surface area contributed by atoms with Crippen LogP contribution in [0.2, 0.25) is 5.02 Å². The second-order valence-electron chi connectivity index (χ2n) is 6.23. The molecule has 0 atom stereocenters. The highest BCUT2D eigenvalue weighted by atomic mass is 35.5. The molecule has 3 N–H and O–H groups in total. The van der Waals surface area contributed by atoms with Crippen LogP contribution in [0.1, 0.15) is 5.56 Å². The van der Waals surface area contributed by atoms with Crippen LogP contribution in [0.5, 0.6) is 0 Å². The Balaban J connectivity index is 1.80. The van der Waals surface area contributed by atoms with Crippen LogP contribution in [-0.4, -0.2) is 35.5 Å². The van der Waals surface area contributed by atoms with E-state index >= 15 is 0 Å². The number of rotatable bonds is 6. The molecule has 30 heavy (non-hydrogen) atoms. The predicted molar refractivity (Wildman–Crippen MR) is 102 cm³/mol. The van der Waals surface area contributed by atoms with Crippen LogP contribution in [0, 0.1) is 0 Å². The maximum Gasteiger partial charge on any atom is 0.402 e. The molecule has 0 aliphatic carbocycles. The van der Waals surface area contributed by atoms with E-state index in [0.717, 1.165) is 24.3 Å². The SMILES string of the molecule is O=C1Cc2cc(S(=O)(=O)Nc3ccc(S(=O)(=O)NCC(F)(F)F)cc3)c(Cl)cc2N1. The zero-order valence-electron chi connectivity index (χ0n) is 14.7. The molecule has 1 aliphatic heterocycles. The standard InChI is InChI=1S/C16H13ClF3N3O5S2/c17-12-7-13-9(6-15(24)22-13)5-14(12)30(27,28)23-10-1-3-11(4-2-10)29(25,26)21-8-16(18,19)20/h1-5,7,21,23H,6,8H2,(H,22,24). The average Bonchev–Trinajstić information content (AvgIpc) is 2.98. The van der Waals surface area contributed by atoms with Gasteiger partial charge in [0.15, 0.2) is 0 Å². The summed E-state index contributed by atoms with van der Waals surface area (Å²) >= 11 is 6.01. The fourth-order valence-corrected chi connectivity index (χ4v) is 5.26. The molecule has 0 unspecified atom stereocenters. The van der Waals surface area contributed by atoms with E-state index in [1.54, 1.807) is 0 Å². The molecule has 0 saturated heterocycles. The van der Waals surface area contributed by atoms with E-state index in [-0.39, 0.29) is 27.9 Å². The lowest BCUT2D eigenvalue weighted by Gasteiger charge is -2.12. The third-order valence-corrected chi connectivity index (χ3v) is 7.21. The first-order chi connectivity index (χ1) is 13.8. The first-order valence-electron chi connectivity index (χ1n) is 8.08. The van der Waals surface area contributed by atoms with Crippen LogP contribution in [-0.2, 0) is 31.3 Å². The first kappa shape index (κ1) is 22.3. The van der Waals surface area contributed by atoms with Gasteiger partial charge in [-0.1, -0.05) is 11.6 Å². The molecule has 0 spiro atoms. The zero-order chi connectivity index (χ0) is 22.3. The number of amides is 1. The van der Waals surface area contributed by atoms with E-state index < -0.39 is 37.7 Å². The van der Waals surface area contributed by atoms with Crippen molar-refractivity contribution in [3.63, 3.8) is 0 Å². The first-order valence-corrected chi connectivity index (χ1v) is 11.4. The number of nitrogens with one attached hydrogen (secondary N) is 3. The van der Waals surface area contributed by atoms with E-state index in [4.69, 9.17) is 11.6 Å². The highest BCUT2D eigenvalue weighted by molar-refractivity contribution is 7.92. The van der Waals surface area contributed by atoms with Crippen molar-refractivity contribution in [3.05, 3.63) is 47.0 Å². The van der Waals surface area contributed by atoms with Crippen molar-refractivity contribution in [2.75, 3.05) is 16.6 Å². The normalized spacial score (nSPS) is 14.3. The van der Waals surface area contributed by atoms with Crippen LogP contribution in [0.25, 0.3) is 0 Å². The van der Waals surface area contributed by atoms with Gasteiger partial charge in [-0.05, 0) is 42.0 Å². The summed E-state index contributed by atoms with van der Waals surface area (Å²) in [6.45, 7) is -1.74. The van der Waals surface area contributed by atoms with Crippen molar-refractivity contribution >= 4 is 48.9 Å². The van der Waals surface area contributed by atoms with Gasteiger partial charge in [0.05, 0.1) is 16.3 Å². The summed E-state index contributed by atoms with van der Waals surface area (Å²) in [5.74, 6) is -0.306. The van der Waals surface area contributed by atoms with Gasteiger partial charge in [-0.25, -0.2) is 21.6 Å². The molecule has 3 rings (SSSR count). The summed E-state index contributed by atoms with van der Waals surface area (Å²) < 4.78 is 89.3. The number of hydrogen-bond donors (Lipinski definition) is 3. The summed E-state index contributed by atoms with van der Waals surface area (Å²) in [4.78, 5) is 10.7. The fraction of sp³-hybridized carbons (Fsp3) is 0.188. The van der Waals surface area contributed by atoms with Crippen molar-refractivity contribution in [2.24, 2.45) is 0 Å². The Bertz CT molecular complexity index is 1210. The third kappa shape index (κ3) is 5.03. The monoisotopic (exact) mass is 483 g/mol. The van der Waals surface area contributed by atoms with E-state index in [1.807, 2.05) is 0 Å². The lowest BCUT2D eigenvalue weighted by molar-refractivity contribution is -0.121. The van der Waals surface area contributed by atoms with Crippen LogP contribution in [0.4, 0.5) is 24.5 Å². The minimum atomic E-state index is -4.72. The Morgan fingerprint density at radius 1 is 1.03 bits per heavy atom. The van der Waals surface area contributed by atoms with E-state index in [0.29, 0.717) is 11.3 Å². The summed E-state index contributed by atoms with van der Waals surface area (Å²) in [6, 6.07) is 6.60. The molecule has 8 nitrogen and oxygen atoms in total. The molecular weight excluding hydrogens is 471 g/mol. The Hall–Kier alpha value is -2.35. The number of halogens is 4. The summed E-state index contributed by atoms with van der Waals surface area (Å²) in [6.07, 6.45) is -4.73. The minimum Gasteiger partial charge on any atom is -0.325 e. The van der Waals surface area contributed by atoms with Gasteiger partial charge >= 0.3 is 6.18 Å². The fourth-order valence-electron chi connectivity index (χ4n) is 2.60. The van der Waals surface area contributed by atoms with E-state index in [1.165, 1.54) is 16.9 Å². The number of sulfonamides is 2. The molecule has 0 aromatic heterocycles. The molecule has 0 bridgehead atoms. The van der Waals surface area contributed by atoms with Gasteiger partial charge in [0.25, 0.3) is 10.0 Å². The van der Waals surface area contributed by atoms with Gasteiger partial charge in [-0.3, -0.25) is 9.52 Å². The molecule has 1 amide bonds. The van der Waals surface area contributed by atoms with Gasteiger partial charge < -0.3 is 5.32 Å². The van der Waals surface area contributed by atoms with Crippen LogP contribution >= 0.6 is 11.6 Å². The molecule has 1 aliphatic rings. The quantitative estimate of drug-likeness (QED) is 0.582. The Morgan fingerprint density at radius 2 is 1.67 bits per heavy atom. The number of alkyl halides is 3. The molecule has 14 heteroatoms. The van der Waals surface area contributed by atoms with Gasteiger partial charge in [0, 0.05) is 11.4 Å². The predicted octanol–water partition coefficient (Wildman–Crippen LogP) is 2.48. The molecular formula is C16H13ClF3N3O5S2. The lowest BCUT2D eigenvalue weighted by Crippen LogP contribution is -2.33. The van der Waals surface area contributed by atoms with E-state index in [2.05, 4.69) is 10.0 Å². The van der Waals surface area contributed by atoms with Crippen LogP contribution < -0.4 is 14.8 Å². The van der Waals surface area contributed by atoms with Crippen molar-refractivity contribution in [1.29, 1.82) is 0 Å². The molecule has 162 valence electrons. The van der Waals surface area contributed by atoms with Gasteiger partial charge in [0.1, 0.15) is 11.4 Å².